The van der Waals surface area contributed by atoms with Crippen LogP contribution in [0, 0.1) is 0 Å². The molecule has 0 unspecified atom stereocenters. The summed E-state index contributed by atoms with van der Waals surface area (Å²) in [4.78, 5) is 0. The summed E-state index contributed by atoms with van der Waals surface area (Å²) in [6, 6.07) is 0. The summed E-state index contributed by atoms with van der Waals surface area (Å²) < 4.78 is 4.36. The molecular weight excluding hydrogens is 183 g/mol. The first kappa shape index (κ1) is 9.42. The molecule has 0 fully saturated rings. The average molecular weight is 193 g/mol. The van der Waals surface area contributed by atoms with Gasteiger partial charge in [0.15, 0.2) is 0 Å². The summed E-state index contributed by atoms with van der Waals surface area (Å²) in [5.41, 5.74) is 0. The Labute approximate surface area is 54.6 Å². The molecule has 0 radical (unpaired) electrons. The van der Waals surface area contributed by atoms with Crippen LogP contribution in [0.3, 0.4) is 0 Å². The Morgan fingerprint density at radius 1 is 1.17 bits per heavy atom. The summed E-state index contributed by atoms with van der Waals surface area (Å²) in [5.74, 6) is 0. The maximum atomic E-state index is 4.36. The van der Waals surface area contributed by atoms with Crippen LogP contribution in [0.5, 0.6) is 0 Å². The molecule has 0 aromatic rings. The fraction of sp³-hybridized carbons (Fsp3) is 0. The third-order valence-corrected chi connectivity index (χ3v) is 0.192. The molecule has 0 atom stereocenters. The number of hydrogen-bond acceptors (Lipinski definition) is 1. The Bertz CT molecular complexity index is 36.8. The van der Waals surface area contributed by atoms with Gasteiger partial charge in [0.1, 0.15) is 0 Å². The second-order valence-corrected chi connectivity index (χ2v) is 0.469. The van der Waals surface area contributed by atoms with E-state index in [1.165, 1.54) is 12.5 Å². The maximum absolute atomic E-state index is 4.36. The van der Waals surface area contributed by atoms with Gasteiger partial charge in [-0.15, -0.1) is 0 Å². The third-order valence-electron chi connectivity index (χ3n) is 0.192. The summed E-state index contributed by atoms with van der Waals surface area (Å²) in [7, 11) is 0. The Morgan fingerprint density at radius 3 is 1.50 bits per heavy atom. The summed E-state index contributed by atoms with van der Waals surface area (Å²) in [6.45, 7) is 6.51. The Kier molecular flexibility index (Phi) is 14.0. The van der Waals surface area contributed by atoms with E-state index < -0.39 is 0 Å². The van der Waals surface area contributed by atoms with Crippen LogP contribution in [-0.2, 0) is 4.74 Å². The van der Waals surface area contributed by atoms with Crippen molar-refractivity contribution in [2.24, 2.45) is 0 Å². The van der Waals surface area contributed by atoms with Crippen molar-refractivity contribution < 1.29 is 4.74 Å². The summed E-state index contributed by atoms with van der Waals surface area (Å²) in [5, 5.41) is 0. The van der Waals surface area contributed by atoms with E-state index in [0.29, 0.717) is 0 Å². The van der Waals surface area contributed by atoms with Crippen LogP contribution in [-0.4, -0.2) is 23.9 Å². The van der Waals surface area contributed by atoms with Gasteiger partial charge in [-0.2, -0.15) is 0 Å². The molecule has 0 aromatic heterocycles. The van der Waals surface area contributed by atoms with Crippen molar-refractivity contribution in [1.82, 2.24) is 0 Å². The monoisotopic (exact) mass is 194 g/mol. The minimum absolute atomic E-state index is 0. The normalized spacial score (nSPS) is 4.67. The van der Waals surface area contributed by atoms with Crippen LogP contribution in [0.4, 0.5) is 0 Å². The van der Waals surface area contributed by atoms with Crippen LogP contribution in [0.25, 0.3) is 0 Å². The molecule has 36 valence electrons. The van der Waals surface area contributed by atoms with Gasteiger partial charge in [-0.1, -0.05) is 13.2 Å². The fourth-order valence-electron chi connectivity index (χ4n) is 0.0680. The summed E-state index contributed by atoms with van der Waals surface area (Å²) in [6.07, 6.45) is 2.62. The van der Waals surface area contributed by atoms with E-state index in [1.807, 2.05) is 0 Å². The second-order valence-electron chi connectivity index (χ2n) is 0.469. The van der Waals surface area contributed by atoms with Gasteiger partial charge >= 0.3 is 23.9 Å². The number of ether oxygens (including phenoxy) is 1. The van der Waals surface area contributed by atoms with Gasteiger partial charge in [0, 0.05) is 0 Å². The first-order chi connectivity index (χ1) is 2.41. The van der Waals surface area contributed by atoms with Crippen molar-refractivity contribution in [3.05, 3.63) is 25.7 Å². The zero-order valence-corrected chi connectivity index (χ0v) is 2.98. The molecule has 1 nitrogen and oxygen atoms in total. The Morgan fingerprint density at radius 2 is 1.50 bits per heavy atom. The second kappa shape index (κ2) is 8.91. The van der Waals surface area contributed by atoms with E-state index in [1.54, 1.807) is 0 Å². The molecule has 0 aromatic carbocycles. The van der Waals surface area contributed by atoms with E-state index in [-0.39, 0.29) is 23.9 Å². The molecule has 0 saturated heterocycles. The van der Waals surface area contributed by atoms with E-state index in [9.17, 15) is 0 Å². The molecule has 0 N–H and O–H groups in total. The molecule has 0 bridgehead atoms. The zero-order chi connectivity index (χ0) is 4.12. The zero-order valence-electron chi connectivity index (χ0n) is 2.98. The van der Waals surface area contributed by atoms with Gasteiger partial charge in [-0.05, 0) is 0 Å². The number of hydrogen-bond donors (Lipinski definition) is 0. The predicted molar refractivity (Wildman–Crippen MR) is 32.8 cm³/mol. The molecule has 2 heteroatoms. The van der Waals surface area contributed by atoms with Crippen molar-refractivity contribution in [1.29, 1.82) is 0 Å². The fourth-order valence-corrected chi connectivity index (χ4v) is 0.0680. The third kappa shape index (κ3) is 8.95. The first-order valence-corrected chi connectivity index (χ1v) is 1.29. The Hall–Kier alpha value is 0.0787. The van der Waals surface area contributed by atoms with E-state index >= 15 is 0 Å². The van der Waals surface area contributed by atoms with Crippen molar-refractivity contribution >= 4 is 23.9 Å². The van der Waals surface area contributed by atoms with Crippen molar-refractivity contribution in [2.75, 3.05) is 0 Å². The molecule has 6 heavy (non-hydrogen) atoms. The van der Waals surface area contributed by atoms with Crippen molar-refractivity contribution in [2.45, 2.75) is 0 Å². The molecule has 0 spiro atoms. The van der Waals surface area contributed by atoms with Gasteiger partial charge in [-0.25, -0.2) is 0 Å². The molecule has 0 heterocycles. The first-order valence-electron chi connectivity index (χ1n) is 1.29. The Balaban J connectivity index is 0. The molecule has 0 aliphatic rings. The van der Waals surface area contributed by atoms with Gasteiger partial charge in [0.25, 0.3) is 0 Å². The molecule has 0 amide bonds. The van der Waals surface area contributed by atoms with E-state index in [4.69, 9.17) is 0 Å². The van der Waals surface area contributed by atoms with Crippen LogP contribution < -0.4 is 0 Å². The molecule has 0 aliphatic heterocycles. The molecule has 0 rings (SSSR count). The van der Waals surface area contributed by atoms with Gasteiger partial charge in [0.2, 0.25) is 0 Å². The molecular formula is C4H10OSn. The van der Waals surface area contributed by atoms with Gasteiger partial charge in [-0.3, -0.25) is 0 Å². The van der Waals surface area contributed by atoms with Gasteiger partial charge in [0.05, 0.1) is 12.5 Å². The van der Waals surface area contributed by atoms with Crippen LogP contribution >= 0.6 is 0 Å². The van der Waals surface area contributed by atoms with Gasteiger partial charge < -0.3 is 4.74 Å². The average Bonchev–Trinajstić information content (AvgIpc) is 1.41. The molecule has 0 aliphatic carbocycles. The SMILES string of the molecule is C=COC=C.[SnH4]. The van der Waals surface area contributed by atoms with Crippen molar-refractivity contribution in [3.63, 3.8) is 0 Å². The minimum atomic E-state index is 0. The number of rotatable bonds is 2. The standard InChI is InChI=1S/C4H6O.Sn.4H/c1-3-5-4-2;;;;;/h3-4H,1-2H2;;;;;. The molecule has 0 saturated carbocycles. The van der Waals surface area contributed by atoms with E-state index in [2.05, 4.69) is 17.9 Å². The topological polar surface area (TPSA) is 9.23 Å². The van der Waals surface area contributed by atoms with Crippen molar-refractivity contribution in [3.8, 4) is 0 Å². The predicted octanol–water partition coefficient (Wildman–Crippen LogP) is -0.162. The van der Waals surface area contributed by atoms with Crippen LogP contribution in [0.1, 0.15) is 0 Å². The summed E-state index contributed by atoms with van der Waals surface area (Å²) >= 11 is 0. The quantitative estimate of drug-likeness (QED) is 0.437. The van der Waals surface area contributed by atoms with Crippen LogP contribution in [0.2, 0.25) is 0 Å². The van der Waals surface area contributed by atoms with E-state index in [0.717, 1.165) is 0 Å². The van der Waals surface area contributed by atoms with Crippen LogP contribution in [0.15, 0.2) is 25.7 Å².